The average molecular weight is 651 g/mol. The first-order chi connectivity index (χ1) is 16.7. The number of rotatable bonds is 4. The summed E-state index contributed by atoms with van der Waals surface area (Å²) in [5, 5.41) is 3.36. The summed E-state index contributed by atoms with van der Waals surface area (Å²) in [5.74, 6) is 0.901. The maximum absolute atomic E-state index is 4.68. The molecular weight excluding hydrogens is 629 g/mol. The number of hydrogen-bond donors (Lipinski definition) is 0. The third kappa shape index (κ3) is 4.45. The first-order valence-electron chi connectivity index (χ1n) is 11.2. The van der Waals surface area contributed by atoms with Crippen LogP contribution in [0, 0.1) is 26.0 Å². The van der Waals surface area contributed by atoms with Gasteiger partial charge in [0, 0.05) is 17.9 Å². The Kier molecular flexibility index (Phi) is 6.60. The minimum Gasteiger partial charge on any atom is -0.314 e. The second-order valence-electron chi connectivity index (χ2n) is 8.33. The molecule has 0 spiro atoms. The van der Waals surface area contributed by atoms with Crippen molar-refractivity contribution in [3.8, 4) is 16.9 Å². The molecule has 3 aromatic carbocycles. The number of aryl methyl sites for hydroxylation is 2. The van der Waals surface area contributed by atoms with E-state index in [1.165, 1.54) is 10.9 Å². The van der Waals surface area contributed by atoms with Crippen molar-refractivity contribution >= 4 is 33.6 Å². The second kappa shape index (κ2) is 9.81. The van der Waals surface area contributed by atoms with Crippen LogP contribution in [0.5, 0.6) is 0 Å². The summed E-state index contributed by atoms with van der Waals surface area (Å²) < 4.78 is 2.21. The van der Waals surface area contributed by atoms with Gasteiger partial charge in [-0.15, -0.1) is 12.1 Å². The number of aromatic nitrogens is 3. The van der Waals surface area contributed by atoms with Crippen molar-refractivity contribution in [1.29, 1.82) is 0 Å². The topological polar surface area (TPSA) is 30.7 Å². The molecule has 0 saturated carbocycles. The zero-order valence-electron chi connectivity index (χ0n) is 19.2. The van der Waals surface area contributed by atoms with Crippen LogP contribution in [-0.2, 0) is 21.1 Å². The minimum absolute atomic E-state index is 0. The van der Waals surface area contributed by atoms with Crippen LogP contribution < -0.4 is 0 Å². The monoisotopic (exact) mass is 650 g/mol. The Balaban J connectivity index is 0.00000253. The molecule has 0 aliphatic heterocycles. The third-order valence-electron chi connectivity index (χ3n) is 5.94. The molecule has 6 rings (SSSR count). The van der Waals surface area contributed by atoms with E-state index in [9.17, 15) is 0 Å². The van der Waals surface area contributed by atoms with E-state index in [2.05, 4.69) is 107 Å². The molecule has 0 amide bonds. The molecule has 35 heavy (non-hydrogen) atoms. The molecule has 0 aliphatic rings. The van der Waals surface area contributed by atoms with Gasteiger partial charge in [0.25, 0.3) is 0 Å². The summed E-state index contributed by atoms with van der Waals surface area (Å²) in [6, 6.07) is 34.5. The van der Waals surface area contributed by atoms with E-state index in [1.54, 1.807) is 11.8 Å². The van der Waals surface area contributed by atoms with Gasteiger partial charge in [0.15, 0.2) is 0 Å². The van der Waals surface area contributed by atoms with Crippen molar-refractivity contribution in [3.05, 3.63) is 115 Å². The van der Waals surface area contributed by atoms with E-state index in [1.807, 2.05) is 24.5 Å². The van der Waals surface area contributed by atoms with Gasteiger partial charge in [-0.05, 0) is 60.1 Å². The maximum Gasteiger partial charge on any atom is 2.00 e. The van der Waals surface area contributed by atoms with Gasteiger partial charge in [-0.25, -0.2) is 21.1 Å². The summed E-state index contributed by atoms with van der Waals surface area (Å²) in [6.07, 6.45) is 3.70. The van der Waals surface area contributed by atoms with Gasteiger partial charge in [-0.2, -0.15) is 30.3 Å². The second-order valence-corrected chi connectivity index (χ2v) is 9.37. The van der Waals surface area contributed by atoms with E-state index >= 15 is 0 Å². The Bertz CT molecular complexity index is 1670. The molecule has 6 aromatic rings. The Morgan fingerprint density at radius 1 is 0.743 bits per heavy atom. The number of hydrogen-bond acceptors (Lipinski definition) is 3. The van der Waals surface area contributed by atoms with Crippen LogP contribution in [0.3, 0.4) is 0 Å². The number of fused-ring (bicyclic) bond motifs is 3. The van der Waals surface area contributed by atoms with Crippen LogP contribution >= 0.6 is 11.8 Å². The number of benzene rings is 3. The molecule has 172 valence electrons. The Morgan fingerprint density at radius 2 is 1.60 bits per heavy atom. The predicted octanol–water partition coefficient (Wildman–Crippen LogP) is 7.61. The SMILES string of the molecule is Cc1ccnc(-n2c3[c-]c(-c4[c-]c(Sc5ncccc5C)ccc4)ccc3c3ccccc32)c1.[Pt+2]. The zero-order chi connectivity index (χ0) is 23.1. The molecule has 3 nitrogen and oxygen atoms in total. The molecule has 0 bridgehead atoms. The first-order valence-corrected chi connectivity index (χ1v) is 12.0. The van der Waals surface area contributed by atoms with Crippen LogP contribution in [0.4, 0.5) is 0 Å². The van der Waals surface area contributed by atoms with E-state index in [0.717, 1.165) is 48.8 Å². The normalized spacial score (nSPS) is 11.0. The summed E-state index contributed by atoms with van der Waals surface area (Å²) in [5.41, 5.74) is 6.50. The smallest absolute Gasteiger partial charge is 0.314 e. The van der Waals surface area contributed by atoms with E-state index < -0.39 is 0 Å². The van der Waals surface area contributed by atoms with Gasteiger partial charge < -0.3 is 4.57 Å². The van der Waals surface area contributed by atoms with Crippen LogP contribution in [0.2, 0.25) is 0 Å². The molecule has 3 aromatic heterocycles. The van der Waals surface area contributed by atoms with Gasteiger partial charge in [0.05, 0.1) is 0 Å². The van der Waals surface area contributed by atoms with Crippen molar-refractivity contribution in [2.45, 2.75) is 23.8 Å². The van der Waals surface area contributed by atoms with Gasteiger partial charge in [-0.3, -0.25) is 0 Å². The predicted molar refractivity (Wildman–Crippen MR) is 140 cm³/mol. The fourth-order valence-corrected chi connectivity index (χ4v) is 5.14. The van der Waals surface area contributed by atoms with Gasteiger partial charge in [0.2, 0.25) is 0 Å². The number of nitrogens with zero attached hydrogens (tertiary/aromatic N) is 3. The molecule has 0 saturated heterocycles. The summed E-state index contributed by atoms with van der Waals surface area (Å²) in [4.78, 5) is 10.2. The van der Waals surface area contributed by atoms with E-state index in [-0.39, 0.29) is 21.1 Å². The van der Waals surface area contributed by atoms with Crippen molar-refractivity contribution in [1.82, 2.24) is 14.5 Å². The van der Waals surface area contributed by atoms with Crippen molar-refractivity contribution in [2.75, 3.05) is 0 Å². The van der Waals surface area contributed by atoms with E-state index in [0.29, 0.717) is 0 Å². The molecule has 0 unspecified atom stereocenters. The standard InChI is InChI=1S/C30H21N3S.Pt/c1-20-14-16-31-29(17-20)33-27-11-4-3-10-25(27)26-13-12-23(19-28(26)33)22-8-5-9-24(18-22)34-30-21(2)7-6-15-32-30;/h3-17H,1-2H3;/q-2;+2. The third-order valence-corrected chi connectivity index (χ3v) is 7.02. The van der Waals surface area contributed by atoms with Gasteiger partial charge in [-0.1, -0.05) is 46.3 Å². The van der Waals surface area contributed by atoms with Gasteiger partial charge >= 0.3 is 21.1 Å². The Hall–Kier alpha value is -3.20. The number of pyridine rings is 2. The molecule has 0 atom stereocenters. The summed E-state index contributed by atoms with van der Waals surface area (Å²) in [6.45, 7) is 4.18. The average Bonchev–Trinajstić information content (AvgIpc) is 3.19. The fourth-order valence-electron chi connectivity index (χ4n) is 4.28. The van der Waals surface area contributed by atoms with E-state index in [4.69, 9.17) is 0 Å². The van der Waals surface area contributed by atoms with Crippen molar-refractivity contribution in [3.63, 3.8) is 0 Å². The molecule has 5 heteroatoms. The minimum atomic E-state index is 0. The maximum atomic E-state index is 4.68. The molecule has 0 aliphatic carbocycles. The summed E-state index contributed by atoms with van der Waals surface area (Å²) in [7, 11) is 0. The van der Waals surface area contributed by atoms with Crippen LogP contribution in [0.15, 0.2) is 101 Å². The van der Waals surface area contributed by atoms with Crippen LogP contribution in [0.1, 0.15) is 11.1 Å². The molecule has 3 heterocycles. The molecule has 0 fully saturated rings. The Morgan fingerprint density at radius 3 is 2.46 bits per heavy atom. The zero-order valence-corrected chi connectivity index (χ0v) is 22.3. The molecule has 0 radical (unpaired) electrons. The van der Waals surface area contributed by atoms with Crippen molar-refractivity contribution < 1.29 is 21.1 Å². The number of para-hydroxylation sites is 1. The molecule has 0 N–H and O–H groups in total. The quantitative estimate of drug-likeness (QED) is 0.184. The first kappa shape index (κ1) is 23.5. The molecular formula is C30H21N3PtS. The van der Waals surface area contributed by atoms with Crippen molar-refractivity contribution in [2.24, 2.45) is 0 Å². The van der Waals surface area contributed by atoms with Gasteiger partial charge in [0.1, 0.15) is 10.8 Å². The summed E-state index contributed by atoms with van der Waals surface area (Å²) >= 11 is 1.64. The van der Waals surface area contributed by atoms with Crippen LogP contribution in [0.25, 0.3) is 38.8 Å². The Labute approximate surface area is 223 Å². The fraction of sp³-hybridized carbons (Fsp3) is 0.0667. The van der Waals surface area contributed by atoms with Crippen LogP contribution in [-0.4, -0.2) is 14.5 Å². The largest absolute Gasteiger partial charge is 2.00 e.